The summed E-state index contributed by atoms with van der Waals surface area (Å²) in [6, 6.07) is 3.82. The van der Waals surface area contributed by atoms with Crippen LogP contribution in [0.2, 0.25) is 0 Å². The van der Waals surface area contributed by atoms with Crippen molar-refractivity contribution in [2.24, 2.45) is 0 Å². The first-order valence-electron chi connectivity index (χ1n) is 7.01. The molecular weight excluding hydrogens is 343 g/mol. The lowest BCUT2D eigenvalue weighted by Crippen LogP contribution is -2.31. The molecule has 3 N–H and O–H groups in total. The second-order valence-electron chi connectivity index (χ2n) is 4.72. The average Bonchev–Trinajstić information content (AvgIpc) is 2.49. The van der Waals surface area contributed by atoms with Gasteiger partial charge < -0.3 is 30.0 Å². The second-order valence-corrected chi connectivity index (χ2v) is 4.72. The van der Waals surface area contributed by atoms with Crippen molar-refractivity contribution in [2.75, 3.05) is 41.0 Å². The summed E-state index contributed by atoms with van der Waals surface area (Å²) in [5, 5.41) is 15.6. The van der Waals surface area contributed by atoms with Crippen molar-refractivity contribution in [3.63, 3.8) is 0 Å². The summed E-state index contributed by atoms with van der Waals surface area (Å²) in [6.45, 7) is 4.61. The minimum atomic E-state index is -0.323. The zero-order chi connectivity index (χ0) is 15.7. The van der Waals surface area contributed by atoms with Crippen LogP contribution in [0.4, 0.5) is 0 Å². The number of ether oxygens (including phenoxy) is 3. The molecule has 23 heavy (non-hydrogen) atoms. The Morgan fingerprint density at radius 1 is 0.957 bits per heavy atom. The number of benzene rings is 1. The number of aliphatic hydroxyl groups excluding tert-OH is 1. The Labute approximate surface area is 150 Å². The maximum atomic E-state index is 9.14. The molecule has 0 fully saturated rings. The lowest BCUT2D eigenvalue weighted by atomic mass is 10.1. The van der Waals surface area contributed by atoms with E-state index in [-0.39, 0.29) is 30.9 Å². The molecule has 0 radical (unpaired) electrons. The highest BCUT2D eigenvalue weighted by atomic mass is 35.5. The molecule has 0 bridgehead atoms. The van der Waals surface area contributed by atoms with Gasteiger partial charge in [0, 0.05) is 31.7 Å². The first-order valence-corrected chi connectivity index (χ1v) is 7.01. The molecule has 0 amide bonds. The smallest absolute Gasteiger partial charge is 0.203 e. The van der Waals surface area contributed by atoms with E-state index in [4.69, 9.17) is 19.3 Å². The topological polar surface area (TPSA) is 72.0 Å². The van der Waals surface area contributed by atoms with Crippen LogP contribution in [-0.2, 0) is 6.54 Å². The van der Waals surface area contributed by atoms with E-state index in [1.165, 1.54) is 0 Å². The summed E-state index contributed by atoms with van der Waals surface area (Å²) in [5.74, 6) is 1.93. The van der Waals surface area contributed by atoms with Gasteiger partial charge in [0.1, 0.15) is 0 Å². The predicted octanol–water partition coefficient (Wildman–Crippen LogP) is 1.62. The summed E-state index contributed by atoms with van der Waals surface area (Å²) < 4.78 is 16.0. The molecule has 0 aromatic heterocycles. The summed E-state index contributed by atoms with van der Waals surface area (Å²) in [6.07, 6.45) is -0.323. The maximum absolute atomic E-state index is 9.14. The van der Waals surface area contributed by atoms with E-state index in [1.807, 2.05) is 12.1 Å². The van der Waals surface area contributed by atoms with E-state index in [2.05, 4.69) is 10.6 Å². The molecular formula is C15H28Cl2N2O4. The van der Waals surface area contributed by atoms with Crippen molar-refractivity contribution in [1.29, 1.82) is 0 Å². The summed E-state index contributed by atoms with van der Waals surface area (Å²) >= 11 is 0. The van der Waals surface area contributed by atoms with Crippen molar-refractivity contribution in [2.45, 2.75) is 19.6 Å². The highest BCUT2D eigenvalue weighted by molar-refractivity contribution is 5.85. The number of methoxy groups -OCH3 is 3. The monoisotopic (exact) mass is 370 g/mol. The lowest BCUT2D eigenvalue weighted by molar-refractivity contribution is 0.191. The molecule has 8 heteroatoms. The summed E-state index contributed by atoms with van der Waals surface area (Å²) in [7, 11) is 4.81. The van der Waals surface area contributed by atoms with Crippen LogP contribution in [0, 0.1) is 0 Å². The molecule has 0 heterocycles. The first-order chi connectivity index (χ1) is 10.1. The Morgan fingerprint density at radius 2 is 1.57 bits per heavy atom. The largest absolute Gasteiger partial charge is 0.493 e. The summed E-state index contributed by atoms with van der Waals surface area (Å²) in [5.41, 5.74) is 1.01. The van der Waals surface area contributed by atoms with Gasteiger partial charge in [0.15, 0.2) is 11.5 Å². The quantitative estimate of drug-likeness (QED) is 0.543. The molecule has 1 atom stereocenters. The van der Waals surface area contributed by atoms with E-state index < -0.39 is 0 Å². The molecule has 1 aromatic carbocycles. The van der Waals surface area contributed by atoms with E-state index >= 15 is 0 Å². The van der Waals surface area contributed by atoms with E-state index in [0.29, 0.717) is 30.3 Å². The SMILES string of the molecule is COc1ccc(CNCCNCC(C)O)c(OC)c1OC.Cl.Cl. The predicted molar refractivity (Wildman–Crippen MR) is 96.9 cm³/mol. The van der Waals surface area contributed by atoms with Crippen molar-refractivity contribution in [3.8, 4) is 17.2 Å². The second kappa shape index (κ2) is 13.5. The van der Waals surface area contributed by atoms with E-state index in [9.17, 15) is 0 Å². The third kappa shape index (κ3) is 7.94. The van der Waals surface area contributed by atoms with Crippen molar-refractivity contribution >= 4 is 24.8 Å². The average molecular weight is 371 g/mol. The maximum Gasteiger partial charge on any atom is 0.203 e. The van der Waals surface area contributed by atoms with Gasteiger partial charge in [-0.15, -0.1) is 24.8 Å². The van der Waals surface area contributed by atoms with Gasteiger partial charge in [0.25, 0.3) is 0 Å². The normalized spacial score (nSPS) is 11.0. The Balaban J connectivity index is 0. The van der Waals surface area contributed by atoms with Crippen LogP contribution < -0.4 is 24.8 Å². The van der Waals surface area contributed by atoms with Gasteiger partial charge in [0.05, 0.1) is 27.4 Å². The van der Waals surface area contributed by atoms with Crippen molar-refractivity contribution in [3.05, 3.63) is 17.7 Å². The zero-order valence-electron chi connectivity index (χ0n) is 14.0. The highest BCUT2D eigenvalue weighted by Crippen LogP contribution is 2.39. The van der Waals surface area contributed by atoms with E-state index in [0.717, 1.165) is 18.7 Å². The van der Waals surface area contributed by atoms with Crippen LogP contribution in [0.25, 0.3) is 0 Å². The fourth-order valence-corrected chi connectivity index (χ4v) is 2.01. The number of hydrogen-bond acceptors (Lipinski definition) is 6. The van der Waals surface area contributed by atoms with Gasteiger partial charge in [-0.1, -0.05) is 6.07 Å². The minimum absolute atomic E-state index is 0. The number of rotatable bonds is 10. The molecule has 0 aliphatic carbocycles. The minimum Gasteiger partial charge on any atom is -0.493 e. The summed E-state index contributed by atoms with van der Waals surface area (Å²) in [4.78, 5) is 0. The molecule has 1 rings (SSSR count). The molecule has 6 nitrogen and oxygen atoms in total. The number of hydrogen-bond donors (Lipinski definition) is 3. The Morgan fingerprint density at radius 3 is 2.09 bits per heavy atom. The molecule has 136 valence electrons. The number of aliphatic hydroxyl groups is 1. The molecule has 0 saturated carbocycles. The molecule has 0 aliphatic heterocycles. The lowest BCUT2D eigenvalue weighted by Gasteiger charge is -2.16. The molecule has 0 aliphatic rings. The van der Waals surface area contributed by atoms with Crippen molar-refractivity contribution < 1.29 is 19.3 Å². The Hall–Kier alpha value is -0.920. The van der Waals surface area contributed by atoms with Crippen LogP contribution in [0.1, 0.15) is 12.5 Å². The van der Waals surface area contributed by atoms with Gasteiger partial charge in [-0.25, -0.2) is 0 Å². The van der Waals surface area contributed by atoms with Gasteiger partial charge in [0.2, 0.25) is 5.75 Å². The number of nitrogens with one attached hydrogen (secondary N) is 2. The molecule has 0 saturated heterocycles. The van der Waals surface area contributed by atoms with Gasteiger partial charge in [-0.2, -0.15) is 0 Å². The van der Waals surface area contributed by atoms with Crippen LogP contribution in [0.3, 0.4) is 0 Å². The van der Waals surface area contributed by atoms with Gasteiger partial charge >= 0.3 is 0 Å². The third-order valence-electron chi connectivity index (χ3n) is 3.02. The fraction of sp³-hybridized carbons (Fsp3) is 0.600. The van der Waals surface area contributed by atoms with Gasteiger partial charge in [-0.05, 0) is 13.0 Å². The molecule has 1 aromatic rings. The van der Waals surface area contributed by atoms with Crippen LogP contribution in [-0.4, -0.2) is 52.2 Å². The van der Waals surface area contributed by atoms with Crippen molar-refractivity contribution in [1.82, 2.24) is 10.6 Å². The highest BCUT2D eigenvalue weighted by Gasteiger charge is 2.15. The Kier molecular flexibility index (Phi) is 14.3. The third-order valence-corrected chi connectivity index (χ3v) is 3.02. The first kappa shape index (κ1) is 24.3. The Bertz CT molecular complexity index is 434. The van der Waals surface area contributed by atoms with Gasteiger partial charge in [-0.3, -0.25) is 0 Å². The molecule has 1 unspecified atom stereocenters. The zero-order valence-corrected chi connectivity index (χ0v) is 15.7. The molecule has 0 spiro atoms. The van der Waals surface area contributed by atoms with E-state index in [1.54, 1.807) is 28.3 Å². The fourth-order valence-electron chi connectivity index (χ4n) is 2.01. The van der Waals surface area contributed by atoms with Crippen LogP contribution in [0.15, 0.2) is 12.1 Å². The van der Waals surface area contributed by atoms with Crippen LogP contribution >= 0.6 is 24.8 Å². The number of halogens is 2. The van der Waals surface area contributed by atoms with Crippen LogP contribution in [0.5, 0.6) is 17.2 Å². The standard InChI is InChI=1S/C15H26N2O4.2ClH/c1-11(18)9-16-7-8-17-10-12-5-6-13(19-2)15(21-4)14(12)20-3;;/h5-6,11,16-18H,7-10H2,1-4H3;2*1H.